The predicted octanol–water partition coefficient (Wildman–Crippen LogP) is -3.83. The van der Waals surface area contributed by atoms with Crippen molar-refractivity contribution in [3.05, 3.63) is 0 Å². The molecule has 0 aromatic heterocycles. The molecule has 0 aromatic rings. The van der Waals surface area contributed by atoms with Gasteiger partial charge in [-0.25, -0.2) is 0 Å². The molecular formula is C33H80N4O22S4Si4Ti3. The number of hydrogen-bond donors (Lipinski definition) is 8. The van der Waals surface area contributed by atoms with Crippen LogP contribution in [0, 0.1) is 0 Å². The van der Waals surface area contributed by atoms with Gasteiger partial charge in [-0.1, -0.05) is 6.55 Å². The van der Waals surface area contributed by atoms with E-state index in [0.717, 1.165) is 6.04 Å². The van der Waals surface area contributed by atoms with Gasteiger partial charge >= 0.3 is 42.9 Å². The summed E-state index contributed by atoms with van der Waals surface area (Å²) < 4.78 is 170. The molecule has 0 aliphatic carbocycles. The zero-order valence-electron chi connectivity index (χ0n) is 40.9. The second-order valence-electron chi connectivity index (χ2n) is 16.6. The first-order valence-electron chi connectivity index (χ1n) is 22.2. The average molecular weight is 1270 g/mol. The standard InChI is InChI=1S/C33H80N4O20S4Si4.2O.3Ti/c1-63-57-65(3,56-62)27-9-21-55-31-33(39)29-37(13-7-25-61(49,50)51)19-17-35(11-5-23-59(43,44)45)15-14-34(10-4-22-58(40,41)42)16-18-36(12-6-24-60(46,47)48)28-32(38)30-54-20-8-26-64(2,52)53;;;;;/h32-33,38-39,52-53H,4-31,63H2,1-3,62H3,(H,40,41,42)(H,43,44,45)(H,46,47,48)(H,49,50,51);;;;;. The molecule has 0 bridgehead atoms. The van der Waals surface area contributed by atoms with Gasteiger partial charge in [-0.3, -0.25) is 28.0 Å². The van der Waals surface area contributed by atoms with Gasteiger partial charge in [-0.05, 0) is 89.9 Å². The van der Waals surface area contributed by atoms with Gasteiger partial charge in [0.2, 0.25) is 0 Å². The smallest absolute Gasteiger partial charge is 0 e. The molecule has 26 nitrogen and oxygen atoms in total. The fourth-order valence-corrected chi connectivity index (χ4v) is 15.6. The molecule has 70 heavy (non-hydrogen) atoms. The normalized spacial score (nSPS) is 14.6. The molecule has 0 spiro atoms. The topological polar surface area (TPSA) is 382 Å². The van der Waals surface area contributed by atoms with E-state index in [1.165, 1.54) is 6.55 Å². The summed E-state index contributed by atoms with van der Waals surface area (Å²) in [5.74, 6) is -2.14. The maximum absolute atomic E-state index is 11.6. The number of nitrogens with zero attached hydrogens (tertiary/aromatic N) is 4. The van der Waals surface area contributed by atoms with E-state index >= 15 is 0 Å². The quantitative estimate of drug-likeness (QED) is 0.0165. The summed E-state index contributed by atoms with van der Waals surface area (Å²) >= 11 is -2.00. The molecule has 0 heterocycles. The number of hydrogen-bond acceptors (Lipinski definition) is 22. The van der Waals surface area contributed by atoms with Gasteiger partial charge in [-0.15, -0.1) is 0 Å². The second kappa shape index (κ2) is 42.7. The first-order chi connectivity index (χ1) is 31.3. The number of rotatable bonds is 44. The molecule has 0 radical (unpaired) electrons. The van der Waals surface area contributed by atoms with Crippen molar-refractivity contribution < 1.29 is 159 Å². The average Bonchev–Trinajstić information content (AvgIpc) is 3.17. The molecular weight excluding hydrogens is 1190 g/mol. The van der Waals surface area contributed by atoms with Crippen LogP contribution in [0.3, 0.4) is 0 Å². The summed E-state index contributed by atoms with van der Waals surface area (Å²) in [6, 6.07) is 0.925. The molecule has 0 saturated carbocycles. The molecule has 0 aliphatic rings. The SMILES string of the molecule is C[SiH2]O[Si](C)(CCCOCC(O)CN(CCCS(=O)(=O)O)CCN(CCCS(=O)(=O)O)CCN(CCCS(=O)(=O)O)CCN(CCCS(=O)(=O)O)CC(O)COCCC[Si](C)(O)O)O[SiH3].[O]=[Ti]=[O].[Ti].[Ti]. The van der Waals surface area contributed by atoms with E-state index in [2.05, 4.69) is 0 Å². The van der Waals surface area contributed by atoms with Gasteiger partial charge in [0.1, 0.15) is 20.2 Å². The van der Waals surface area contributed by atoms with E-state index in [0.29, 0.717) is 29.9 Å². The molecule has 0 rings (SSSR count). The van der Waals surface area contributed by atoms with Crippen LogP contribution >= 0.6 is 0 Å². The van der Waals surface area contributed by atoms with Crippen molar-refractivity contribution in [1.29, 1.82) is 0 Å². The van der Waals surface area contributed by atoms with Crippen LogP contribution in [0.15, 0.2) is 0 Å². The first kappa shape index (κ1) is 78.3. The maximum Gasteiger partial charge on any atom is 0 e. The van der Waals surface area contributed by atoms with E-state index < -0.39 is 122 Å². The Morgan fingerprint density at radius 2 is 0.829 bits per heavy atom. The van der Waals surface area contributed by atoms with Crippen molar-refractivity contribution in [3.8, 4) is 0 Å². The second-order valence-corrected chi connectivity index (χ2v) is 32.2. The van der Waals surface area contributed by atoms with Gasteiger partial charge < -0.3 is 47.3 Å². The molecule has 0 fully saturated rings. The van der Waals surface area contributed by atoms with Crippen LogP contribution in [0.5, 0.6) is 0 Å². The summed E-state index contributed by atoms with van der Waals surface area (Å²) in [6.07, 6.45) is -0.858. The van der Waals surface area contributed by atoms with Crippen molar-refractivity contribution in [1.82, 2.24) is 19.6 Å². The van der Waals surface area contributed by atoms with Crippen LogP contribution in [-0.4, -0.2) is 269 Å². The zero-order valence-corrected chi connectivity index (χ0v) is 54.2. The van der Waals surface area contributed by atoms with Gasteiger partial charge in [0.25, 0.3) is 40.5 Å². The number of ether oxygens (including phenoxy) is 2. The van der Waals surface area contributed by atoms with E-state index in [9.17, 15) is 71.7 Å². The van der Waals surface area contributed by atoms with E-state index in [4.69, 9.17) is 24.4 Å². The Morgan fingerprint density at radius 1 is 0.543 bits per heavy atom. The Labute approximate surface area is 462 Å². The predicted molar refractivity (Wildman–Crippen MR) is 258 cm³/mol. The van der Waals surface area contributed by atoms with Crippen molar-refractivity contribution in [2.75, 3.05) is 128 Å². The molecule has 3 unspecified atom stereocenters. The Hall–Kier alpha value is 1.77. The van der Waals surface area contributed by atoms with Gasteiger partial charge in [-0.2, -0.15) is 33.7 Å². The van der Waals surface area contributed by atoms with Gasteiger partial charge in [0.05, 0.1) is 48.4 Å². The summed E-state index contributed by atoms with van der Waals surface area (Å²) in [6.45, 7) is 8.06. The largest absolute Gasteiger partial charge is 0 e. The Bertz CT molecular complexity index is 1820. The summed E-state index contributed by atoms with van der Waals surface area (Å²) in [5, 5.41) is 21.6. The summed E-state index contributed by atoms with van der Waals surface area (Å²) in [4.78, 5) is 26.5. The van der Waals surface area contributed by atoms with Crippen molar-refractivity contribution >= 4 is 77.8 Å². The molecule has 416 valence electrons. The van der Waals surface area contributed by atoms with E-state index in [1.54, 1.807) is 9.80 Å². The van der Waals surface area contributed by atoms with Gasteiger partial charge in [0, 0.05) is 109 Å². The van der Waals surface area contributed by atoms with Crippen LogP contribution in [0.4, 0.5) is 0 Å². The van der Waals surface area contributed by atoms with Crippen molar-refractivity contribution in [2.24, 2.45) is 0 Å². The minimum atomic E-state index is -4.31. The number of aliphatic hydroxyl groups excluding tert-OH is 2. The van der Waals surface area contributed by atoms with Crippen molar-refractivity contribution in [2.45, 2.75) is 82.5 Å². The summed E-state index contributed by atoms with van der Waals surface area (Å²) in [5.41, 5.74) is 0. The first-order valence-corrected chi connectivity index (χ1v) is 37.8. The molecule has 37 heteroatoms. The molecule has 0 aliphatic heterocycles. The van der Waals surface area contributed by atoms with Crippen LogP contribution in [-0.2, 0) is 127 Å². The van der Waals surface area contributed by atoms with Crippen LogP contribution in [0.1, 0.15) is 38.5 Å². The minimum absolute atomic E-state index is 0. The summed E-state index contributed by atoms with van der Waals surface area (Å²) in [7, 11) is -22.7. The third kappa shape index (κ3) is 54.6. The monoisotopic (exact) mass is 1270 g/mol. The fraction of sp³-hybridized carbons (Fsp3) is 1.00. The third-order valence-corrected chi connectivity index (χ3v) is 22.8. The van der Waals surface area contributed by atoms with E-state index in [1.807, 2.05) is 22.9 Å². The van der Waals surface area contributed by atoms with Crippen LogP contribution in [0.25, 0.3) is 0 Å². The Morgan fingerprint density at radius 3 is 1.10 bits per heavy atom. The van der Waals surface area contributed by atoms with Crippen LogP contribution in [0.2, 0.25) is 31.7 Å². The number of aliphatic hydroxyl groups is 2. The van der Waals surface area contributed by atoms with Crippen molar-refractivity contribution in [3.63, 3.8) is 0 Å². The molecule has 3 atom stereocenters. The zero-order chi connectivity index (χ0) is 52.5. The third-order valence-electron chi connectivity index (χ3n) is 10.0. The van der Waals surface area contributed by atoms with Gasteiger partial charge in [0.15, 0.2) is 0 Å². The Kier molecular flexibility index (Phi) is 47.8. The molecule has 8 N–H and O–H groups in total. The van der Waals surface area contributed by atoms with E-state index in [-0.39, 0.29) is 174 Å². The molecule has 0 aromatic carbocycles. The molecule has 0 amide bonds. The fourth-order valence-electron chi connectivity index (χ4n) is 6.67. The molecule has 0 saturated heterocycles. The minimum Gasteiger partial charge on any atom is 0 e. The maximum atomic E-state index is 11.6. The Balaban J connectivity index is -0.00000423. The van der Waals surface area contributed by atoms with Crippen LogP contribution < -0.4 is 0 Å².